The first-order chi connectivity index (χ1) is 16.6. The fraction of sp³-hybridized carbons (Fsp3) is 0.385. The van der Waals surface area contributed by atoms with Gasteiger partial charge in [0.25, 0.3) is 6.04 Å². The van der Waals surface area contributed by atoms with Crippen LogP contribution < -0.4 is 0 Å². The van der Waals surface area contributed by atoms with Gasteiger partial charge in [0.2, 0.25) is 5.91 Å². The predicted molar refractivity (Wildman–Crippen MR) is 126 cm³/mol. The van der Waals surface area contributed by atoms with E-state index < -0.39 is 0 Å². The van der Waals surface area contributed by atoms with Crippen LogP contribution in [0.3, 0.4) is 0 Å². The summed E-state index contributed by atoms with van der Waals surface area (Å²) in [5, 5.41) is 1.82. The Morgan fingerprint density at radius 1 is 1.09 bits per heavy atom. The first-order valence-electron chi connectivity index (χ1n) is 11.9. The van der Waals surface area contributed by atoms with Gasteiger partial charge in [-0.25, -0.2) is 9.97 Å². The molecule has 0 N–H and O–H groups in total. The molecule has 1 aromatic carbocycles. The average Bonchev–Trinajstić information content (AvgIpc) is 3.23. The second-order valence-electron chi connectivity index (χ2n) is 8.89. The average molecular weight is 458 g/mol. The molecule has 8 heteroatoms. The number of carbonyl (C=O) groups is 1. The van der Waals surface area contributed by atoms with E-state index in [0.717, 1.165) is 32.9 Å². The number of aromatic nitrogens is 3. The lowest BCUT2D eigenvalue weighted by molar-refractivity contribution is -0.720. The zero-order valence-electron chi connectivity index (χ0n) is 19.4. The van der Waals surface area contributed by atoms with Gasteiger partial charge in [0, 0.05) is 43.8 Å². The van der Waals surface area contributed by atoms with Crippen LogP contribution in [0.1, 0.15) is 59.7 Å². The molecule has 0 aliphatic carbocycles. The van der Waals surface area contributed by atoms with Crippen LogP contribution in [0, 0.1) is 4.91 Å². The van der Waals surface area contributed by atoms with E-state index in [-0.39, 0.29) is 11.9 Å². The van der Waals surface area contributed by atoms with Crippen molar-refractivity contribution in [1.82, 2.24) is 24.9 Å². The highest BCUT2D eigenvalue weighted by atomic mass is 16.3. The van der Waals surface area contributed by atoms with Crippen LogP contribution in [0.15, 0.2) is 54.9 Å². The number of fused-ring (bicyclic) bond motifs is 1. The largest absolute Gasteiger partial charge is 0.336 e. The second kappa shape index (κ2) is 9.67. The molecule has 4 heterocycles. The normalized spacial score (nSPS) is 17.7. The molecule has 34 heavy (non-hydrogen) atoms. The van der Waals surface area contributed by atoms with Crippen molar-refractivity contribution in [2.75, 3.05) is 13.1 Å². The Bertz CT molecular complexity index is 1180. The summed E-state index contributed by atoms with van der Waals surface area (Å²) in [6, 6.07) is 13.6. The van der Waals surface area contributed by atoms with Crippen molar-refractivity contribution >= 4 is 5.91 Å². The first kappa shape index (κ1) is 22.1. The highest BCUT2D eigenvalue weighted by molar-refractivity contribution is 5.76. The van der Waals surface area contributed by atoms with Gasteiger partial charge in [0.1, 0.15) is 22.9 Å². The number of carbonyl (C=O) groups excluding carboxylic acids is 1. The van der Waals surface area contributed by atoms with Crippen molar-refractivity contribution in [1.29, 1.82) is 0 Å². The van der Waals surface area contributed by atoms with Gasteiger partial charge < -0.3 is 4.90 Å². The van der Waals surface area contributed by atoms with Gasteiger partial charge >= 0.3 is 0 Å². The number of pyridine rings is 1. The number of benzene rings is 1. The van der Waals surface area contributed by atoms with Gasteiger partial charge in [0.05, 0.1) is 23.7 Å². The molecule has 3 aromatic rings. The maximum atomic E-state index is 13.4. The third kappa shape index (κ3) is 4.53. The van der Waals surface area contributed by atoms with Crippen molar-refractivity contribution in [3.8, 4) is 0 Å². The summed E-state index contributed by atoms with van der Waals surface area (Å²) in [5.74, 6) is 0.828. The number of nitrogens with zero attached hydrogens (tertiary/aromatic N) is 6. The predicted octanol–water partition coefficient (Wildman–Crippen LogP) is 3.40. The van der Waals surface area contributed by atoms with Gasteiger partial charge in [-0.1, -0.05) is 43.3 Å². The van der Waals surface area contributed by atoms with Crippen molar-refractivity contribution in [3.63, 3.8) is 0 Å². The molecule has 1 fully saturated rings. The Morgan fingerprint density at radius 3 is 2.68 bits per heavy atom. The van der Waals surface area contributed by atoms with Crippen molar-refractivity contribution in [2.24, 2.45) is 0 Å². The Kier molecular flexibility index (Phi) is 6.29. The van der Waals surface area contributed by atoms with E-state index in [4.69, 9.17) is 9.97 Å². The van der Waals surface area contributed by atoms with Crippen LogP contribution in [-0.2, 0) is 30.7 Å². The van der Waals surface area contributed by atoms with E-state index in [1.807, 2.05) is 47.2 Å². The van der Waals surface area contributed by atoms with Crippen molar-refractivity contribution < 1.29 is 9.66 Å². The van der Waals surface area contributed by atoms with E-state index in [9.17, 15) is 9.70 Å². The molecule has 5 rings (SSSR count). The van der Waals surface area contributed by atoms with Crippen LogP contribution >= 0.6 is 0 Å². The SMILES string of the molecule is CCC(=O)N1CCc2c(nc(Cc3ccccc3)nc2C2CCN(Cc3cccnc3)[N+]2=O)C1. The Balaban J connectivity index is 1.46. The molecule has 8 nitrogen and oxygen atoms in total. The molecule has 2 aliphatic rings. The van der Waals surface area contributed by atoms with E-state index in [1.165, 1.54) is 0 Å². The maximum absolute atomic E-state index is 13.4. The minimum atomic E-state index is -0.351. The van der Waals surface area contributed by atoms with Gasteiger partial charge in [0.15, 0.2) is 0 Å². The fourth-order valence-electron chi connectivity index (χ4n) is 4.85. The minimum Gasteiger partial charge on any atom is -0.336 e. The van der Waals surface area contributed by atoms with E-state index in [0.29, 0.717) is 57.7 Å². The minimum absolute atomic E-state index is 0.129. The fourth-order valence-corrected chi connectivity index (χ4v) is 4.85. The lowest BCUT2D eigenvalue weighted by Gasteiger charge is -2.29. The smallest absolute Gasteiger partial charge is 0.278 e. The number of nitroso groups, excluding NO2 is 1. The molecule has 1 unspecified atom stereocenters. The molecule has 0 saturated carbocycles. The van der Waals surface area contributed by atoms with Crippen molar-refractivity contribution in [3.05, 3.63) is 93.7 Å². The quantitative estimate of drug-likeness (QED) is 0.528. The lowest BCUT2D eigenvalue weighted by Crippen LogP contribution is -2.37. The molecule has 1 saturated heterocycles. The summed E-state index contributed by atoms with van der Waals surface area (Å²) in [5.41, 5.74) is 4.86. The molecule has 2 aliphatic heterocycles. The molecular weight excluding hydrogens is 428 g/mol. The Hall–Kier alpha value is -3.68. The summed E-state index contributed by atoms with van der Waals surface area (Å²) >= 11 is 0. The summed E-state index contributed by atoms with van der Waals surface area (Å²) in [7, 11) is 0. The molecular formula is C26H29N6O2+. The van der Waals surface area contributed by atoms with Crippen LogP contribution in [0.5, 0.6) is 0 Å². The number of rotatable bonds is 6. The van der Waals surface area contributed by atoms with Gasteiger partial charge in [-0.15, -0.1) is 5.01 Å². The highest BCUT2D eigenvalue weighted by Crippen LogP contribution is 2.33. The Morgan fingerprint density at radius 2 is 1.91 bits per heavy atom. The van der Waals surface area contributed by atoms with Gasteiger partial charge in [-0.05, 0) is 23.6 Å². The van der Waals surface area contributed by atoms with Crippen molar-refractivity contribution in [2.45, 2.75) is 51.7 Å². The molecule has 2 aromatic heterocycles. The van der Waals surface area contributed by atoms with Gasteiger partial charge in [-0.3, -0.25) is 9.78 Å². The molecule has 0 spiro atoms. The number of amides is 1. The van der Waals surface area contributed by atoms with Crippen LogP contribution in [0.4, 0.5) is 0 Å². The summed E-state index contributed by atoms with van der Waals surface area (Å²) in [4.78, 5) is 42.7. The van der Waals surface area contributed by atoms with E-state index >= 15 is 0 Å². The highest BCUT2D eigenvalue weighted by Gasteiger charge is 2.44. The van der Waals surface area contributed by atoms with Crippen LogP contribution in [-0.4, -0.2) is 48.7 Å². The van der Waals surface area contributed by atoms with E-state index in [1.54, 1.807) is 12.4 Å². The summed E-state index contributed by atoms with van der Waals surface area (Å²) < 4.78 is 0. The zero-order chi connectivity index (χ0) is 23.5. The topological polar surface area (TPSA) is 82.3 Å². The standard InChI is InChI=1S/C26H29N6O2/c1-2-25(33)30-13-10-21-22(18-30)28-24(15-19-7-4-3-5-8-19)29-26(21)23-11-14-31(32(23)34)17-20-9-6-12-27-16-20/h3-9,12,16,23H,2,10-11,13-15,17-18H2,1H3/q+1. The number of hydrogen-bond acceptors (Lipinski definition) is 5. The third-order valence-electron chi connectivity index (χ3n) is 6.61. The third-order valence-corrected chi connectivity index (χ3v) is 6.61. The molecule has 1 atom stereocenters. The first-order valence-corrected chi connectivity index (χ1v) is 11.9. The second-order valence-corrected chi connectivity index (χ2v) is 8.89. The monoisotopic (exact) mass is 457 g/mol. The molecule has 174 valence electrons. The molecule has 1 amide bonds. The maximum Gasteiger partial charge on any atom is 0.278 e. The molecule has 0 radical (unpaired) electrons. The molecule has 0 bridgehead atoms. The Labute approximate surface area is 199 Å². The summed E-state index contributed by atoms with van der Waals surface area (Å²) in [6.07, 6.45) is 5.98. The zero-order valence-corrected chi connectivity index (χ0v) is 19.4. The summed E-state index contributed by atoms with van der Waals surface area (Å²) in [6.45, 7) is 4.19. The van der Waals surface area contributed by atoms with Crippen LogP contribution in [0.2, 0.25) is 0 Å². The van der Waals surface area contributed by atoms with Crippen LogP contribution in [0.25, 0.3) is 0 Å². The number of hydrazine groups is 1. The lowest BCUT2D eigenvalue weighted by atomic mass is 9.97. The number of hydrogen-bond donors (Lipinski definition) is 0. The van der Waals surface area contributed by atoms with Gasteiger partial charge in [-0.2, -0.15) is 0 Å². The van der Waals surface area contributed by atoms with E-state index in [2.05, 4.69) is 17.1 Å².